The lowest BCUT2D eigenvalue weighted by Gasteiger charge is -2.38. The van der Waals surface area contributed by atoms with Crippen LogP contribution in [0, 0.1) is 0 Å². The largest absolute Gasteiger partial charge is 0.508 e. The number of benzene rings is 1. The van der Waals surface area contributed by atoms with E-state index in [0.29, 0.717) is 10.4 Å². The first-order valence-electron chi connectivity index (χ1n) is 11.5. The summed E-state index contributed by atoms with van der Waals surface area (Å²) in [6.07, 6.45) is 2.83. The molecule has 0 saturated carbocycles. The second-order valence-electron chi connectivity index (χ2n) is 8.44. The molecular formula is C23H25N5O8S3. The van der Waals surface area contributed by atoms with Crippen LogP contribution in [0.4, 0.5) is 0 Å². The van der Waals surface area contributed by atoms with E-state index in [2.05, 4.69) is 10.3 Å². The van der Waals surface area contributed by atoms with Gasteiger partial charge in [-0.3, -0.25) is 19.8 Å². The second-order valence-corrected chi connectivity index (χ2v) is 13.7. The van der Waals surface area contributed by atoms with Crippen molar-refractivity contribution in [1.82, 2.24) is 24.4 Å². The van der Waals surface area contributed by atoms with Gasteiger partial charge in [-0.25, -0.2) is 22.3 Å². The Hall–Kier alpha value is -3.41. The third-order valence-electron chi connectivity index (χ3n) is 5.97. The molecule has 1 aliphatic rings. The number of sulfonamides is 2. The molecule has 2 aromatic heterocycles. The topological polar surface area (TPSA) is 186 Å². The van der Waals surface area contributed by atoms with Crippen molar-refractivity contribution in [2.24, 2.45) is 0 Å². The number of hydrogen-bond donors (Lipinski definition) is 4. The van der Waals surface area contributed by atoms with E-state index in [9.17, 15) is 36.7 Å². The smallest absolute Gasteiger partial charge is 0.263 e. The number of aromatic hydroxyl groups is 1. The molecule has 3 aromatic rings. The predicted octanol–water partition coefficient (Wildman–Crippen LogP) is 0.456. The number of phenols is 1. The quantitative estimate of drug-likeness (QED) is 0.201. The van der Waals surface area contributed by atoms with Crippen LogP contribution in [0.5, 0.6) is 5.75 Å². The molecule has 16 heteroatoms. The Balaban J connectivity index is 1.47. The fraction of sp³-hybridized carbons (Fsp3) is 0.261. The molecule has 0 radical (unpaired) electrons. The Morgan fingerprint density at radius 1 is 1.05 bits per heavy atom. The number of rotatable bonds is 9. The Labute approximate surface area is 228 Å². The van der Waals surface area contributed by atoms with Gasteiger partial charge in [-0.05, 0) is 54.1 Å². The van der Waals surface area contributed by atoms with Crippen LogP contribution in [-0.4, -0.2) is 90.5 Å². The number of piperazine rings is 1. The zero-order valence-electron chi connectivity index (χ0n) is 20.3. The van der Waals surface area contributed by atoms with Gasteiger partial charge in [0.25, 0.3) is 21.8 Å². The van der Waals surface area contributed by atoms with Gasteiger partial charge in [0.1, 0.15) is 16.0 Å². The van der Waals surface area contributed by atoms with Crippen LogP contribution >= 0.6 is 11.3 Å². The highest BCUT2D eigenvalue weighted by molar-refractivity contribution is 7.91. The third-order valence-corrected chi connectivity index (χ3v) is 11.3. The summed E-state index contributed by atoms with van der Waals surface area (Å²) in [5.41, 5.74) is 2.36. The maximum absolute atomic E-state index is 13.5. The van der Waals surface area contributed by atoms with Crippen molar-refractivity contribution in [2.75, 3.05) is 31.9 Å². The molecule has 1 aliphatic heterocycles. The van der Waals surface area contributed by atoms with Crippen LogP contribution < -0.4 is 10.8 Å². The highest BCUT2D eigenvalue weighted by Gasteiger charge is 2.43. The molecule has 0 aliphatic carbocycles. The zero-order chi connectivity index (χ0) is 28.2. The van der Waals surface area contributed by atoms with Crippen LogP contribution in [0.25, 0.3) is 10.4 Å². The average molecular weight is 596 g/mol. The monoisotopic (exact) mass is 595 g/mol. The highest BCUT2D eigenvalue weighted by Crippen LogP contribution is 2.34. The average Bonchev–Trinajstić information content (AvgIpc) is 3.44. The summed E-state index contributed by atoms with van der Waals surface area (Å²) < 4.78 is 54.6. The standard InChI is InChI=1S/C23H25N5O8S3/c29-18-5-3-16(4-6-18)20-7-8-21(37-20)39(35,36)28-12-11-27(15-19(28)23(31)26-32)38(33,34)13-10-25-22(30)17-2-1-9-24-14-17/h1-9,14,19,29,32H,10-13,15H2,(H,25,30)(H,26,31)/t19-/m1/s1. The van der Waals surface area contributed by atoms with E-state index in [1.165, 1.54) is 42.1 Å². The first-order valence-corrected chi connectivity index (χ1v) is 15.4. The molecule has 4 rings (SSSR count). The van der Waals surface area contributed by atoms with E-state index in [1.807, 2.05) is 0 Å². The summed E-state index contributed by atoms with van der Waals surface area (Å²) in [6.45, 7) is -1.32. The zero-order valence-corrected chi connectivity index (χ0v) is 22.7. The molecule has 39 heavy (non-hydrogen) atoms. The van der Waals surface area contributed by atoms with Crippen molar-refractivity contribution >= 4 is 43.2 Å². The summed E-state index contributed by atoms with van der Waals surface area (Å²) in [5.74, 6) is -2.02. The predicted molar refractivity (Wildman–Crippen MR) is 141 cm³/mol. The Morgan fingerprint density at radius 3 is 2.46 bits per heavy atom. The van der Waals surface area contributed by atoms with Crippen LogP contribution in [0.2, 0.25) is 0 Å². The van der Waals surface area contributed by atoms with E-state index >= 15 is 0 Å². The molecule has 0 unspecified atom stereocenters. The van der Waals surface area contributed by atoms with Crippen molar-refractivity contribution in [1.29, 1.82) is 0 Å². The molecule has 4 N–H and O–H groups in total. The summed E-state index contributed by atoms with van der Waals surface area (Å²) in [6, 6.07) is 10.7. The number of aromatic nitrogens is 1. The van der Waals surface area contributed by atoms with E-state index in [-0.39, 0.29) is 35.2 Å². The lowest BCUT2D eigenvalue weighted by molar-refractivity contribution is -0.134. The first kappa shape index (κ1) is 28.6. The van der Waals surface area contributed by atoms with Crippen LogP contribution in [0.3, 0.4) is 0 Å². The van der Waals surface area contributed by atoms with Gasteiger partial charge in [0.05, 0.1) is 11.3 Å². The lowest BCUT2D eigenvalue weighted by Crippen LogP contribution is -2.61. The molecule has 13 nitrogen and oxygen atoms in total. The fourth-order valence-electron chi connectivity index (χ4n) is 3.95. The molecular weight excluding hydrogens is 570 g/mol. The Kier molecular flexibility index (Phi) is 8.63. The molecule has 1 saturated heterocycles. The number of thiophene rings is 1. The number of carbonyl (C=O) groups excluding carboxylic acids is 2. The first-order chi connectivity index (χ1) is 18.5. The third kappa shape index (κ3) is 6.43. The number of carbonyl (C=O) groups is 2. The number of nitrogens with zero attached hydrogens (tertiary/aromatic N) is 3. The molecule has 1 aromatic carbocycles. The number of phenolic OH excluding ortho intramolecular Hbond substituents is 1. The molecule has 3 heterocycles. The van der Waals surface area contributed by atoms with Gasteiger partial charge < -0.3 is 10.4 Å². The molecule has 1 atom stereocenters. The minimum Gasteiger partial charge on any atom is -0.508 e. The maximum Gasteiger partial charge on any atom is 0.263 e. The van der Waals surface area contributed by atoms with Gasteiger partial charge in [0, 0.05) is 43.4 Å². The fourth-order valence-corrected chi connectivity index (χ4v) is 8.30. The van der Waals surface area contributed by atoms with Crippen LogP contribution in [-0.2, 0) is 24.8 Å². The molecule has 2 amide bonds. The molecule has 0 spiro atoms. The molecule has 208 valence electrons. The SMILES string of the molecule is O=C(NCCS(=O)(=O)N1CCN(S(=O)(=O)c2ccc(-c3ccc(O)cc3)s2)[C@@H](C(=O)NO)C1)c1cccnc1. The highest BCUT2D eigenvalue weighted by atomic mass is 32.2. The number of hydrogen-bond acceptors (Lipinski definition) is 10. The van der Waals surface area contributed by atoms with Crippen molar-refractivity contribution in [3.05, 3.63) is 66.5 Å². The maximum atomic E-state index is 13.5. The van der Waals surface area contributed by atoms with Crippen LogP contribution in [0.15, 0.2) is 65.1 Å². The number of pyridine rings is 1. The van der Waals surface area contributed by atoms with Crippen molar-refractivity contribution < 1.29 is 36.7 Å². The van der Waals surface area contributed by atoms with Gasteiger partial charge in [0.2, 0.25) is 10.0 Å². The van der Waals surface area contributed by atoms with Crippen molar-refractivity contribution in [3.63, 3.8) is 0 Å². The molecule has 0 bridgehead atoms. The summed E-state index contributed by atoms with van der Waals surface area (Å²) >= 11 is 0.950. The minimum absolute atomic E-state index is 0.0599. The van der Waals surface area contributed by atoms with Gasteiger partial charge in [-0.1, -0.05) is 0 Å². The van der Waals surface area contributed by atoms with E-state index in [4.69, 9.17) is 0 Å². The minimum atomic E-state index is -4.24. The van der Waals surface area contributed by atoms with E-state index in [1.54, 1.807) is 24.3 Å². The number of nitrogens with one attached hydrogen (secondary N) is 2. The summed E-state index contributed by atoms with van der Waals surface area (Å²) in [5, 5.41) is 21.2. The van der Waals surface area contributed by atoms with Gasteiger partial charge >= 0.3 is 0 Å². The van der Waals surface area contributed by atoms with E-state index < -0.39 is 50.2 Å². The van der Waals surface area contributed by atoms with Gasteiger partial charge in [0.15, 0.2) is 0 Å². The Bertz CT molecular complexity index is 1540. The second kappa shape index (κ2) is 11.8. The number of hydroxylamine groups is 1. The van der Waals surface area contributed by atoms with Gasteiger partial charge in [-0.15, -0.1) is 11.3 Å². The lowest BCUT2D eigenvalue weighted by atomic mass is 10.2. The van der Waals surface area contributed by atoms with Crippen LogP contribution in [0.1, 0.15) is 10.4 Å². The normalized spacial score (nSPS) is 17.0. The van der Waals surface area contributed by atoms with E-state index in [0.717, 1.165) is 19.9 Å². The summed E-state index contributed by atoms with van der Waals surface area (Å²) in [4.78, 5) is 29.1. The Morgan fingerprint density at radius 2 is 1.79 bits per heavy atom. The summed E-state index contributed by atoms with van der Waals surface area (Å²) in [7, 11) is -8.25. The van der Waals surface area contributed by atoms with Crippen molar-refractivity contribution in [2.45, 2.75) is 10.3 Å². The molecule has 1 fully saturated rings. The number of amides is 2. The van der Waals surface area contributed by atoms with Gasteiger partial charge in [-0.2, -0.15) is 8.61 Å². The van der Waals surface area contributed by atoms with Crippen molar-refractivity contribution in [3.8, 4) is 16.2 Å².